The second-order valence-corrected chi connectivity index (χ2v) is 7.48. The van der Waals surface area contributed by atoms with Crippen molar-refractivity contribution in [3.63, 3.8) is 0 Å². The van der Waals surface area contributed by atoms with Gasteiger partial charge in [-0.2, -0.15) is 0 Å². The molecule has 0 fully saturated rings. The summed E-state index contributed by atoms with van der Waals surface area (Å²) < 4.78 is 0. The van der Waals surface area contributed by atoms with E-state index in [-0.39, 0.29) is 24.7 Å². The van der Waals surface area contributed by atoms with Crippen LogP contribution in [0.2, 0.25) is 0 Å². The predicted octanol–water partition coefficient (Wildman–Crippen LogP) is 4.11. The molecule has 0 aliphatic rings. The van der Waals surface area contributed by atoms with Crippen LogP contribution in [0.3, 0.4) is 0 Å². The van der Waals surface area contributed by atoms with Gasteiger partial charge in [-0.1, -0.05) is 59.8 Å². The van der Waals surface area contributed by atoms with Gasteiger partial charge in [-0.05, 0) is 32.1 Å². The highest BCUT2D eigenvalue weighted by Crippen LogP contribution is 2.32. The lowest BCUT2D eigenvalue weighted by Gasteiger charge is -2.43. The van der Waals surface area contributed by atoms with Crippen LogP contribution in [0.15, 0.2) is 0 Å². The lowest BCUT2D eigenvalue weighted by Crippen LogP contribution is -2.61. The molecule has 158 valence electrons. The fraction of sp³-hybridized carbons (Fsp3) is 0.857. The molecule has 6 heteroatoms. The molecule has 0 saturated carbocycles. The fourth-order valence-corrected chi connectivity index (χ4v) is 3.58. The van der Waals surface area contributed by atoms with Crippen LogP contribution in [-0.2, 0) is 14.4 Å². The number of nitrogens with zero attached hydrogens (tertiary/aromatic N) is 1. The first-order valence-corrected chi connectivity index (χ1v) is 10.6. The van der Waals surface area contributed by atoms with E-state index in [2.05, 4.69) is 6.92 Å². The Morgan fingerprint density at radius 3 is 2.00 bits per heavy atom. The van der Waals surface area contributed by atoms with Crippen LogP contribution in [0.4, 0.5) is 0 Å². The summed E-state index contributed by atoms with van der Waals surface area (Å²) in [5.74, 6) is -1.74. The first-order chi connectivity index (χ1) is 12.8. The molecule has 0 radical (unpaired) electrons. The summed E-state index contributed by atoms with van der Waals surface area (Å²) in [6.07, 6.45) is 7.03. The number of hydrogen-bond acceptors (Lipinski definition) is 3. The third-order valence-electron chi connectivity index (χ3n) is 5.42. The molecule has 2 amide bonds. The van der Waals surface area contributed by atoms with Gasteiger partial charge < -0.3 is 15.7 Å². The van der Waals surface area contributed by atoms with Crippen LogP contribution in [0.25, 0.3) is 0 Å². The van der Waals surface area contributed by atoms with Gasteiger partial charge in [0.15, 0.2) is 0 Å². The number of primary amides is 1. The van der Waals surface area contributed by atoms with Gasteiger partial charge in [0.25, 0.3) is 0 Å². The van der Waals surface area contributed by atoms with E-state index in [1.54, 1.807) is 4.90 Å². The number of carbonyl (C=O) groups excluding carboxylic acids is 2. The van der Waals surface area contributed by atoms with Crippen LogP contribution < -0.4 is 5.73 Å². The normalized spacial score (nSPS) is 14.4. The maximum Gasteiger partial charge on any atom is 0.303 e. The fourth-order valence-electron chi connectivity index (χ4n) is 3.58. The Balaban J connectivity index is 5.95. The molecule has 0 aliphatic carbocycles. The summed E-state index contributed by atoms with van der Waals surface area (Å²) in [5, 5.41) is 9.20. The third kappa shape index (κ3) is 7.89. The van der Waals surface area contributed by atoms with E-state index in [9.17, 15) is 19.5 Å². The van der Waals surface area contributed by atoms with Crippen molar-refractivity contribution in [3.05, 3.63) is 0 Å². The topological polar surface area (TPSA) is 101 Å². The predicted molar refractivity (Wildman–Crippen MR) is 108 cm³/mol. The number of carbonyl (C=O) groups is 3. The zero-order chi connectivity index (χ0) is 20.9. The molecule has 3 N–H and O–H groups in total. The maximum absolute atomic E-state index is 13.4. The Morgan fingerprint density at radius 1 is 0.963 bits per heavy atom. The summed E-state index contributed by atoms with van der Waals surface area (Å²) in [7, 11) is 0. The van der Waals surface area contributed by atoms with Crippen molar-refractivity contribution in [3.8, 4) is 0 Å². The first kappa shape index (κ1) is 25.4. The largest absolute Gasteiger partial charge is 0.481 e. The molecule has 0 bridgehead atoms. The molecule has 0 saturated heterocycles. The van der Waals surface area contributed by atoms with Crippen molar-refractivity contribution in [2.24, 2.45) is 11.7 Å². The molecule has 0 aromatic rings. The number of nitrogens with two attached hydrogens (primary N) is 1. The van der Waals surface area contributed by atoms with Gasteiger partial charge in [0.2, 0.25) is 11.8 Å². The number of carboxylic acids is 1. The standard InChI is InChI=1S/C21H40N2O4/c1-5-9-12-17(8-4)19(26)23(16-11-7-3)21(20(22)27,14-10-6-2)15-13-18(24)25/h17H,5-16H2,1-4H3,(H2,22,27)(H,24,25)/t17?,21-/m0/s1. The Hall–Kier alpha value is -1.59. The van der Waals surface area contributed by atoms with Crippen molar-refractivity contribution in [2.75, 3.05) is 6.54 Å². The number of unbranched alkanes of at least 4 members (excludes halogenated alkanes) is 3. The average molecular weight is 385 g/mol. The number of aliphatic carboxylic acids is 1. The summed E-state index contributed by atoms with van der Waals surface area (Å²) in [4.78, 5) is 38.9. The Bertz CT molecular complexity index is 467. The van der Waals surface area contributed by atoms with Crippen molar-refractivity contribution < 1.29 is 19.5 Å². The summed E-state index contributed by atoms with van der Waals surface area (Å²) in [6, 6.07) is 0. The number of carboxylic acid groups (broad SMARTS) is 1. The minimum absolute atomic E-state index is 0.0420. The van der Waals surface area contributed by atoms with E-state index in [0.29, 0.717) is 19.4 Å². The molecule has 1 unspecified atom stereocenters. The molecule has 0 aromatic carbocycles. The monoisotopic (exact) mass is 384 g/mol. The second kappa shape index (κ2) is 13.6. The van der Waals surface area contributed by atoms with E-state index in [0.717, 1.165) is 44.9 Å². The molecule has 2 atom stereocenters. The molecule has 0 aromatic heterocycles. The molecule has 0 spiro atoms. The van der Waals surface area contributed by atoms with E-state index < -0.39 is 17.4 Å². The molecule has 27 heavy (non-hydrogen) atoms. The second-order valence-electron chi connectivity index (χ2n) is 7.48. The minimum Gasteiger partial charge on any atom is -0.481 e. The van der Waals surface area contributed by atoms with E-state index in [1.165, 1.54) is 0 Å². The van der Waals surface area contributed by atoms with Crippen LogP contribution in [0.5, 0.6) is 0 Å². The highest BCUT2D eigenvalue weighted by Gasteiger charge is 2.45. The molecular formula is C21H40N2O4. The van der Waals surface area contributed by atoms with Crippen LogP contribution in [0, 0.1) is 5.92 Å². The summed E-state index contributed by atoms with van der Waals surface area (Å²) in [6.45, 7) is 8.58. The Kier molecular flexibility index (Phi) is 12.8. The van der Waals surface area contributed by atoms with Crippen molar-refractivity contribution in [2.45, 2.75) is 104 Å². The summed E-state index contributed by atoms with van der Waals surface area (Å²) >= 11 is 0. The number of hydrogen-bond donors (Lipinski definition) is 2. The van der Waals surface area contributed by atoms with E-state index in [4.69, 9.17) is 5.73 Å². The van der Waals surface area contributed by atoms with Gasteiger partial charge in [0, 0.05) is 18.9 Å². The van der Waals surface area contributed by atoms with Crippen LogP contribution in [-0.4, -0.2) is 39.9 Å². The van der Waals surface area contributed by atoms with Gasteiger partial charge in [-0.3, -0.25) is 14.4 Å². The van der Waals surface area contributed by atoms with Gasteiger partial charge >= 0.3 is 5.97 Å². The minimum atomic E-state index is -1.21. The van der Waals surface area contributed by atoms with Gasteiger partial charge in [0.05, 0.1) is 0 Å². The maximum atomic E-state index is 13.4. The molecular weight excluding hydrogens is 344 g/mol. The molecule has 0 aliphatic heterocycles. The van der Waals surface area contributed by atoms with Crippen LogP contribution in [0.1, 0.15) is 98.3 Å². The van der Waals surface area contributed by atoms with Crippen molar-refractivity contribution >= 4 is 17.8 Å². The molecule has 0 rings (SSSR count). The Morgan fingerprint density at radius 2 is 1.56 bits per heavy atom. The first-order valence-electron chi connectivity index (χ1n) is 10.6. The molecule has 0 heterocycles. The average Bonchev–Trinajstić information content (AvgIpc) is 2.63. The van der Waals surface area contributed by atoms with Crippen LogP contribution >= 0.6 is 0 Å². The Labute approximate surface area is 164 Å². The third-order valence-corrected chi connectivity index (χ3v) is 5.42. The SMILES string of the molecule is CCCCC(CC)C(=O)N(CCCC)[C@@](CCCC)(CCC(=O)O)C(N)=O. The zero-order valence-corrected chi connectivity index (χ0v) is 17.8. The quantitative estimate of drug-likeness (QED) is 0.418. The van der Waals surface area contributed by atoms with E-state index >= 15 is 0 Å². The lowest BCUT2D eigenvalue weighted by molar-refractivity contribution is -0.153. The summed E-state index contributed by atoms with van der Waals surface area (Å²) in [5.41, 5.74) is 4.62. The van der Waals surface area contributed by atoms with Gasteiger partial charge in [-0.15, -0.1) is 0 Å². The number of amides is 2. The smallest absolute Gasteiger partial charge is 0.303 e. The lowest BCUT2D eigenvalue weighted by atomic mass is 9.83. The highest BCUT2D eigenvalue weighted by molar-refractivity contribution is 5.91. The zero-order valence-electron chi connectivity index (χ0n) is 17.8. The highest BCUT2D eigenvalue weighted by atomic mass is 16.4. The van der Waals surface area contributed by atoms with Crippen molar-refractivity contribution in [1.29, 1.82) is 0 Å². The van der Waals surface area contributed by atoms with Gasteiger partial charge in [-0.25, -0.2) is 0 Å². The van der Waals surface area contributed by atoms with E-state index in [1.807, 2.05) is 20.8 Å². The molecule has 6 nitrogen and oxygen atoms in total. The van der Waals surface area contributed by atoms with Crippen molar-refractivity contribution in [1.82, 2.24) is 4.90 Å². The number of rotatable bonds is 16. The van der Waals surface area contributed by atoms with Gasteiger partial charge in [0.1, 0.15) is 5.54 Å².